The molecule has 0 atom stereocenters. The minimum Gasteiger partial charge on any atom is -0.399 e. The van der Waals surface area contributed by atoms with Crippen LogP contribution in [0.5, 0.6) is 0 Å². The van der Waals surface area contributed by atoms with Crippen LogP contribution in [0.1, 0.15) is 55.4 Å². The largest absolute Gasteiger partial charge is 0.494 e. The second kappa shape index (κ2) is 8.40. The summed E-state index contributed by atoms with van der Waals surface area (Å²) in [6, 6.07) is 23.3. The Labute approximate surface area is 226 Å². The lowest BCUT2D eigenvalue weighted by Gasteiger charge is -2.32. The van der Waals surface area contributed by atoms with Gasteiger partial charge in [0, 0.05) is 5.39 Å². The third-order valence-corrected chi connectivity index (χ3v) is 8.88. The lowest BCUT2D eigenvalue weighted by molar-refractivity contribution is 0.00578. The number of aromatic nitrogens is 1. The molecule has 2 saturated heterocycles. The van der Waals surface area contributed by atoms with Gasteiger partial charge in [0.1, 0.15) is 0 Å². The second-order valence-electron chi connectivity index (χ2n) is 12.7. The highest BCUT2D eigenvalue weighted by Gasteiger charge is 2.54. The Hall–Kier alpha value is -2.70. The second-order valence-corrected chi connectivity index (χ2v) is 12.7. The summed E-state index contributed by atoms with van der Waals surface area (Å²) in [6.45, 7) is 16.6. The van der Waals surface area contributed by atoms with Crippen molar-refractivity contribution < 1.29 is 18.6 Å². The first-order valence-corrected chi connectivity index (χ1v) is 13.4. The van der Waals surface area contributed by atoms with Crippen LogP contribution in [0.2, 0.25) is 0 Å². The van der Waals surface area contributed by atoms with E-state index in [0.29, 0.717) is 0 Å². The van der Waals surface area contributed by atoms with E-state index in [2.05, 4.69) is 122 Å². The van der Waals surface area contributed by atoms with Gasteiger partial charge in [-0.3, -0.25) is 0 Å². The van der Waals surface area contributed by atoms with E-state index in [4.69, 9.17) is 23.6 Å². The fourth-order valence-electron chi connectivity index (χ4n) is 5.03. The van der Waals surface area contributed by atoms with Gasteiger partial charge in [-0.25, -0.2) is 4.98 Å². The van der Waals surface area contributed by atoms with Crippen molar-refractivity contribution in [3.8, 4) is 11.3 Å². The molecule has 4 aromatic rings. The Morgan fingerprint density at radius 2 is 1.00 bits per heavy atom. The molecule has 0 bridgehead atoms. The van der Waals surface area contributed by atoms with Crippen LogP contribution in [0, 0.1) is 0 Å². The van der Waals surface area contributed by atoms with Gasteiger partial charge in [0.05, 0.1) is 33.6 Å². The first-order chi connectivity index (χ1) is 17.7. The standard InChI is InChI=1S/C31H35B2NO4/c1-28(2)29(3,4)36-32(35-28)24-16-23(17-25(19-24)33-37-30(5,6)31(7,8)38-33)26-14-13-22-15-20-11-9-10-12-21(20)18-27(22)34-26/h9-19H,1-8H3. The number of fused-ring (bicyclic) bond motifs is 2. The molecule has 0 aliphatic carbocycles. The predicted octanol–water partition coefficient (Wildman–Crippen LogP) is 5.65. The molecule has 2 fully saturated rings. The van der Waals surface area contributed by atoms with E-state index in [1.54, 1.807) is 0 Å². The fourth-order valence-corrected chi connectivity index (χ4v) is 5.03. The average molecular weight is 507 g/mol. The Morgan fingerprint density at radius 1 is 0.526 bits per heavy atom. The number of benzene rings is 3. The van der Waals surface area contributed by atoms with Gasteiger partial charge >= 0.3 is 14.2 Å². The highest BCUT2D eigenvalue weighted by molar-refractivity contribution is 6.66. The Bertz CT molecular complexity index is 1480. The number of pyridine rings is 1. The molecular formula is C31H35B2NO4. The number of hydrogen-bond acceptors (Lipinski definition) is 5. The van der Waals surface area contributed by atoms with Gasteiger partial charge in [0.25, 0.3) is 0 Å². The maximum atomic E-state index is 6.43. The van der Waals surface area contributed by atoms with Crippen LogP contribution in [0.25, 0.3) is 32.9 Å². The Balaban J connectivity index is 1.47. The molecule has 0 unspecified atom stereocenters. The molecule has 6 rings (SSSR count). The van der Waals surface area contributed by atoms with Crippen molar-refractivity contribution in [2.24, 2.45) is 0 Å². The normalized spacial score (nSPS) is 21.5. The van der Waals surface area contributed by atoms with Crippen molar-refractivity contribution >= 4 is 46.8 Å². The molecule has 1 aromatic heterocycles. The van der Waals surface area contributed by atoms with Gasteiger partial charge in [-0.05, 0) is 101 Å². The lowest BCUT2D eigenvalue weighted by atomic mass is 9.70. The van der Waals surface area contributed by atoms with Gasteiger partial charge in [-0.15, -0.1) is 0 Å². The average Bonchev–Trinajstić information content (AvgIpc) is 3.21. The van der Waals surface area contributed by atoms with E-state index in [-0.39, 0.29) is 0 Å². The van der Waals surface area contributed by atoms with Gasteiger partial charge in [-0.2, -0.15) is 0 Å². The van der Waals surface area contributed by atoms with Crippen molar-refractivity contribution in [3.63, 3.8) is 0 Å². The molecule has 0 amide bonds. The van der Waals surface area contributed by atoms with Crippen molar-refractivity contribution in [2.45, 2.75) is 77.8 Å². The van der Waals surface area contributed by atoms with Gasteiger partial charge < -0.3 is 18.6 Å². The smallest absolute Gasteiger partial charge is 0.399 e. The van der Waals surface area contributed by atoms with E-state index in [1.807, 2.05) is 0 Å². The zero-order chi connectivity index (χ0) is 27.1. The summed E-state index contributed by atoms with van der Waals surface area (Å²) >= 11 is 0. The molecule has 2 aliphatic rings. The molecule has 2 aliphatic heterocycles. The predicted molar refractivity (Wildman–Crippen MR) is 156 cm³/mol. The van der Waals surface area contributed by atoms with Crippen LogP contribution in [0.3, 0.4) is 0 Å². The van der Waals surface area contributed by atoms with Gasteiger partial charge in [0.15, 0.2) is 0 Å². The van der Waals surface area contributed by atoms with Crippen LogP contribution in [0.4, 0.5) is 0 Å². The summed E-state index contributed by atoms with van der Waals surface area (Å²) in [5.41, 5.74) is 2.87. The van der Waals surface area contributed by atoms with E-state index < -0.39 is 36.6 Å². The SMILES string of the molecule is CC1(C)OB(c2cc(B3OC(C)(C)C(C)(C)O3)cc(-c3ccc4cc5ccccc5cc4n3)c2)OC1(C)C. The maximum Gasteiger partial charge on any atom is 0.494 e. The van der Waals surface area contributed by atoms with Crippen LogP contribution in [-0.4, -0.2) is 41.6 Å². The van der Waals surface area contributed by atoms with Crippen molar-refractivity contribution in [2.75, 3.05) is 0 Å². The minimum atomic E-state index is -0.509. The summed E-state index contributed by atoms with van der Waals surface area (Å²) in [7, 11) is -1.02. The van der Waals surface area contributed by atoms with Crippen LogP contribution >= 0.6 is 0 Å². The van der Waals surface area contributed by atoms with Crippen LogP contribution in [-0.2, 0) is 18.6 Å². The van der Waals surface area contributed by atoms with Crippen LogP contribution < -0.4 is 10.9 Å². The van der Waals surface area contributed by atoms with Crippen molar-refractivity contribution in [1.29, 1.82) is 0 Å². The molecule has 3 aromatic carbocycles. The molecule has 0 N–H and O–H groups in total. The third kappa shape index (κ3) is 4.17. The zero-order valence-electron chi connectivity index (χ0n) is 23.6. The highest BCUT2D eigenvalue weighted by Crippen LogP contribution is 2.38. The molecule has 38 heavy (non-hydrogen) atoms. The summed E-state index contributed by atoms with van der Waals surface area (Å²) in [5, 5.41) is 3.50. The third-order valence-electron chi connectivity index (χ3n) is 8.88. The van der Waals surface area contributed by atoms with E-state index in [1.165, 1.54) is 10.8 Å². The summed E-state index contributed by atoms with van der Waals surface area (Å²) in [6.07, 6.45) is 0. The lowest BCUT2D eigenvalue weighted by Crippen LogP contribution is -2.41. The van der Waals surface area contributed by atoms with Crippen molar-refractivity contribution in [1.82, 2.24) is 4.98 Å². The minimum absolute atomic E-state index is 0.444. The molecule has 7 heteroatoms. The van der Waals surface area contributed by atoms with Crippen LogP contribution in [0.15, 0.2) is 66.7 Å². The van der Waals surface area contributed by atoms with Gasteiger partial charge in [-0.1, -0.05) is 48.5 Å². The fraction of sp³-hybridized carbons (Fsp3) is 0.387. The Kier molecular flexibility index (Phi) is 5.65. The molecule has 0 radical (unpaired) electrons. The van der Waals surface area contributed by atoms with E-state index in [9.17, 15) is 0 Å². The first kappa shape index (κ1) is 25.6. The summed E-state index contributed by atoms with van der Waals surface area (Å²) in [5.74, 6) is 0. The first-order valence-electron chi connectivity index (χ1n) is 13.4. The quantitative estimate of drug-likeness (QED) is 0.265. The van der Waals surface area contributed by atoms with E-state index >= 15 is 0 Å². The molecular weight excluding hydrogens is 472 g/mol. The Morgan fingerprint density at radius 3 is 1.50 bits per heavy atom. The number of nitrogens with zero attached hydrogens (tertiary/aromatic N) is 1. The van der Waals surface area contributed by atoms with Gasteiger partial charge in [0.2, 0.25) is 0 Å². The van der Waals surface area contributed by atoms with E-state index in [0.717, 1.165) is 33.1 Å². The molecule has 194 valence electrons. The summed E-state index contributed by atoms with van der Waals surface area (Å²) < 4.78 is 25.7. The number of rotatable bonds is 3. The highest BCUT2D eigenvalue weighted by atomic mass is 16.7. The monoisotopic (exact) mass is 507 g/mol. The molecule has 0 saturated carbocycles. The number of hydrogen-bond donors (Lipinski definition) is 0. The maximum absolute atomic E-state index is 6.43. The topological polar surface area (TPSA) is 49.8 Å². The van der Waals surface area contributed by atoms with Crippen molar-refractivity contribution in [3.05, 3.63) is 66.7 Å². The molecule has 3 heterocycles. The summed E-state index contributed by atoms with van der Waals surface area (Å²) in [4.78, 5) is 5.08. The molecule has 5 nitrogen and oxygen atoms in total. The molecule has 0 spiro atoms. The zero-order valence-corrected chi connectivity index (χ0v) is 23.6.